The maximum atomic E-state index is 13.3. The predicted molar refractivity (Wildman–Crippen MR) is 83.8 cm³/mol. The van der Waals surface area contributed by atoms with Gasteiger partial charge in [-0.05, 0) is 18.2 Å². The van der Waals surface area contributed by atoms with Crippen molar-refractivity contribution in [1.82, 2.24) is 10.3 Å². The molecule has 1 heterocycles. The van der Waals surface area contributed by atoms with Crippen LogP contribution in [0.4, 0.5) is 14.5 Å². The van der Waals surface area contributed by atoms with Crippen LogP contribution in [-0.4, -0.2) is 15.8 Å². The number of rotatable bonds is 4. The number of aromatic nitrogens is 1. The van der Waals surface area contributed by atoms with Crippen LogP contribution in [0.1, 0.15) is 15.4 Å². The zero-order valence-corrected chi connectivity index (χ0v) is 12.8. The molecule has 0 bridgehead atoms. The minimum absolute atomic E-state index is 0.0222. The molecular formula is C15H9F2N3O3S. The van der Waals surface area contributed by atoms with Gasteiger partial charge in [0.05, 0.1) is 27.8 Å². The number of nitro groups is 1. The van der Waals surface area contributed by atoms with Crippen LogP contribution in [0.3, 0.4) is 0 Å². The van der Waals surface area contributed by atoms with Crippen molar-refractivity contribution in [2.45, 2.75) is 6.54 Å². The first-order valence-corrected chi connectivity index (χ1v) is 7.53. The van der Waals surface area contributed by atoms with Crippen molar-refractivity contribution < 1.29 is 18.5 Å². The highest BCUT2D eigenvalue weighted by Crippen LogP contribution is 2.23. The van der Waals surface area contributed by atoms with Crippen LogP contribution in [0.2, 0.25) is 0 Å². The number of thiazole rings is 1. The zero-order valence-electron chi connectivity index (χ0n) is 12.0. The van der Waals surface area contributed by atoms with Gasteiger partial charge in [0.25, 0.3) is 11.6 Å². The monoisotopic (exact) mass is 349 g/mol. The molecule has 0 radical (unpaired) electrons. The molecule has 3 rings (SSSR count). The highest BCUT2D eigenvalue weighted by molar-refractivity contribution is 7.18. The second-order valence-electron chi connectivity index (χ2n) is 4.80. The number of nitro benzene ring substituents is 1. The van der Waals surface area contributed by atoms with Gasteiger partial charge in [0, 0.05) is 0 Å². The van der Waals surface area contributed by atoms with E-state index >= 15 is 0 Å². The van der Waals surface area contributed by atoms with Gasteiger partial charge < -0.3 is 5.32 Å². The lowest BCUT2D eigenvalue weighted by Gasteiger charge is -2.05. The highest BCUT2D eigenvalue weighted by atomic mass is 32.1. The third-order valence-corrected chi connectivity index (χ3v) is 4.25. The van der Waals surface area contributed by atoms with E-state index in [2.05, 4.69) is 10.3 Å². The van der Waals surface area contributed by atoms with Gasteiger partial charge in [0.2, 0.25) is 0 Å². The lowest BCUT2D eigenvalue weighted by molar-refractivity contribution is -0.385. The Hall–Kier alpha value is -2.94. The number of halogens is 2. The molecule has 0 fully saturated rings. The normalized spacial score (nSPS) is 10.8. The molecule has 0 aliphatic heterocycles. The van der Waals surface area contributed by atoms with Crippen LogP contribution < -0.4 is 5.32 Å². The summed E-state index contributed by atoms with van der Waals surface area (Å²) in [5, 5.41) is 13.9. The van der Waals surface area contributed by atoms with Crippen LogP contribution in [0.15, 0.2) is 36.4 Å². The van der Waals surface area contributed by atoms with E-state index in [-0.39, 0.29) is 6.54 Å². The van der Waals surface area contributed by atoms with Gasteiger partial charge in [0.1, 0.15) is 10.6 Å². The van der Waals surface area contributed by atoms with E-state index in [0.717, 1.165) is 10.2 Å². The first kappa shape index (κ1) is 15.9. The van der Waals surface area contributed by atoms with E-state index in [9.17, 15) is 23.7 Å². The topological polar surface area (TPSA) is 85.1 Å². The van der Waals surface area contributed by atoms with E-state index in [1.54, 1.807) is 0 Å². The molecule has 0 saturated heterocycles. The summed E-state index contributed by atoms with van der Waals surface area (Å²) in [5.74, 6) is -3.59. The summed E-state index contributed by atoms with van der Waals surface area (Å²) in [5.41, 5.74) is -0.568. The van der Waals surface area contributed by atoms with Gasteiger partial charge in [-0.1, -0.05) is 12.1 Å². The van der Waals surface area contributed by atoms with Crippen molar-refractivity contribution in [3.8, 4) is 0 Å². The minimum Gasteiger partial charge on any atom is -0.345 e. The van der Waals surface area contributed by atoms with Crippen molar-refractivity contribution in [2.75, 3.05) is 0 Å². The smallest absolute Gasteiger partial charge is 0.285 e. The molecule has 0 spiro atoms. The van der Waals surface area contributed by atoms with Crippen molar-refractivity contribution in [2.24, 2.45) is 0 Å². The number of carbonyl (C=O) groups is 1. The maximum absolute atomic E-state index is 13.3. The number of benzene rings is 2. The van der Waals surface area contributed by atoms with Gasteiger partial charge >= 0.3 is 0 Å². The summed E-state index contributed by atoms with van der Waals surface area (Å²) in [6, 6.07) is 8.28. The summed E-state index contributed by atoms with van der Waals surface area (Å²) in [6.45, 7) is 0.0222. The number of hydrogen-bond acceptors (Lipinski definition) is 5. The fourth-order valence-electron chi connectivity index (χ4n) is 2.12. The molecule has 0 aliphatic rings. The summed E-state index contributed by atoms with van der Waals surface area (Å²) in [6.07, 6.45) is 0. The van der Waals surface area contributed by atoms with Crippen molar-refractivity contribution >= 4 is 33.1 Å². The summed E-state index contributed by atoms with van der Waals surface area (Å²) >= 11 is 1.36. The second kappa shape index (κ2) is 6.28. The number of fused-ring (bicyclic) bond motifs is 1. The number of amides is 1. The molecule has 6 nitrogen and oxygen atoms in total. The molecule has 1 N–H and O–H groups in total. The zero-order chi connectivity index (χ0) is 17.3. The molecule has 3 aromatic rings. The number of carbonyl (C=O) groups excluding carboxylic acids is 1. The quantitative estimate of drug-likeness (QED) is 0.578. The summed E-state index contributed by atoms with van der Waals surface area (Å²) in [7, 11) is 0. The van der Waals surface area contributed by atoms with Crippen molar-refractivity contribution in [3.05, 3.63) is 68.7 Å². The van der Waals surface area contributed by atoms with Gasteiger partial charge in [0.15, 0.2) is 11.6 Å². The number of para-hydroxylation sites is 1. The van der Waals surface area contributed by atoms with E-state index in [4.69, 9.17) is 0 Å². The van der Waals surface area contributed by atoms with E-state index in [1.165, 1.54) is 11.3 Å². The Labute approximate surface area is 137 Å². The van der Waals surface area contributed by atoms with Gasteiger partial charge in [-0.15, -0.1) is 11.3 Å². The molecular weight excluding hydrogens is 340 g/mol. The molecule has 0 aliphatic carbocycles. The maximum Gasteiger partial charge on any atom is 0.285 e. The molecule has 1 aromatic heterocycles. The Bertz CT molecular complexity index is 925. The Morgan fingerprint density at radius 3 is 2.67 bits per heavy atom. The van der Waals surface area contributed by atoms with Crippen LogP contribution in [0.25, 0.3) is 10.2 Å². The lowest BCUT2D eigenvalue weighted by atomic mass is 10.1. The molecule has 24 heavy (non-hydrogen) atoms. The summed E-state index contributed by atoms with van der Waals surface area (Å²) < 4.78 is 27.4. The van der Waals surface area contributed by atoms with E-state index < -0.39 is 33.7 Å². The number of nitrogens with zero attached hydrogens (tertiary/aromatic N) is 2. The lowest BCUT2D eigenvalue weighted by Crippen LogP contribution is -2.24. The van der Waals surface area contributed by atoms with Gasteiger partial charge in [-0.3, -0.25) is 14.9 Å². The molecule has 122 valence electrons. The first-order chi connectivity index (χ1) is 11.5. The van der Waals surface area contributed by atoms with E-state index in [1.807, 2.05) is 24.3 Å². The van der Waals surface area contributed by atoms with Crippen LogP contribution >= 0.6 is 11.3 Å². The fourth-order valence-corrected chi connectivity index (χ4v) is 3.02. The van der Waals surface area contributed by atoms with Crippen LogP contribution in [0.5, 0.6) is 0 Å². The standard InChI is InChI=1S/C15H9F2N3O3S/c16-9-5-8(12(20(22)23)6-10(9)17)15(21)18-7-14-19-11-3-1-2-4-13(11)24-14/h1-6H,7H2,(H,18,21). The third kappa shape index (κ3) is 3.06. The number of hydrogen-bond donors (Lipinski definition) is 1. The number of nitrogens with one attached hydrogen (secondary N) is 1. The molecule has 0 saturated carbocycles. The fraction of sp³-hybridized carbons (Fsp3) is 0.0667. The Morgan fingerprint density at radius 2 is 1.96 bits per heavy atom. The Balaban J connectivity index is 1.82. The largest absolute Gasteiger partial charge is 0.345 e. The third-order valence-electron chi connectivity index (χ3n) is 3.22. The molecule has 0 unspecified atom stereocenters. The van der Waals surface area contributed by atoms with Gasteiger partial charge in [-0.2, -0.15) is 0 Å². The molecule has 1 amide bonds. The van der Waals surface area contributed by atoms with Crippen LogP contribution in [0, 0.1) is 21.7 Å². The Morgan fingerprint density at radius 1 is 1.25 bits per heavy atom. The average Bonchev–Trinajstić information content (AvgIpc) is 2.97. The molecule has 9 heteroatoms. The summed E-state index contributed by atoms with van der Waals surface area (Å²) in [4.78, 5) is 26.4. The second-order valence-corrected chi connectivity index (χ2v) is 5.91. The van der Waals surface area contributed by atoms with Crippen molar-refractivity contribution in [3.63, 3.8) is 0 Å². The molecule has 2 aromatic carbocycles. The van der Waals surface area contributed by atoms with Gasteiger partial charge in [-0.25, -0.2) is 13.8 Å². The highest BCUT2D eigenvalue weighted by Gasteiger charge is 2.24. The van der Waals surface area contributed by atoms with E-state index in [0.29, 0.717) is 17.1 Å². The van der Waals surface area contributed by atoms with Crippen LogP contribution in [-0.2, 0) is 6.54 Å². The average molecular weight is 349 g/mol. The minimum atomic E-state index is -1.38. The Kier molecular flexibility index (Phi) is 4.17. The SMILES string of the molecule is O=C(NCc1nc2ccccc2s1)c1cc(F)c(F)cc1[N+](=O)[O-]. The molecule has 0 atom stereocenters. The first-order valence-electron chi connectivity index (χ1n) is 6.72. The van der Waals surface area contributed by atoms with Crippen molar-refractivity contribution in [1.29, 1.82) is 0 Å². The predicted octanol–water partition coefficient (Wildman–Crippen LogP) is 3.41.